The van der Waals surface area contributed by atoms with Gasteiger partial charge in [0.1, 0.15) is 18.1 Å². The number of benzene rings is 2. The predicted octanol–water partition coefficient (Wildman–Crippen LogP) is 1.37. The third kappa shape index (κ3) is 3.49. The zero-order chi connectivity index (χ0) is 14.8. The lowest BCUT2D eigenvalue weighted by Crippen LogP contribution is -2.30. The first-order valence-electron chi connectivity index (χ1n) is 5.90. The van der Waals surface area contributed by atoms with Gasteiger partial charge < -0.3 is 4.55 Å². The van der Waals surface area contributed by atoms with E-state index in [1.54, 1.807) is 0 Å². The quantitative estimate of drug-likeness (QED) is 0.356. The molecule has 5 nitrogen and oxygen atoms in total. The smallest absolute Gasteiger partial charge is 0.231 e. The van der Waals surface area contributed by atoms with E-state index in [2.05, 4.69) is 28.7 Å². The van der Waals surface area contributed by atoms with Crippen LogP contribution in [0.2, 0.25) is 0 Å². The molecule has 0 unspecified atom stereocenters. The molecule has 0 aliphatic rings. The summed E-state index contributed by atoms with van der Waals surface area (Å²) in [4.78, 5) is 4.62. The maximum atomic E-state index is 9.08. The van der Waals surface area contributed by atoms with Crippen LogP contribution in [0.15, 0.2) is 48.5 Å². The van der Waals surface area contributed by atoms with E-state index in [0.717, 1.165) is 22.1 Å². The molecular weight excluding hydrogens is 276 g/mol. The second-order valence-electron chi connectivity index (χ2n) is 4.35. The lowest BCUT2D eigenvalue weighted by atomic mass is 10.2. The number of fused-ring (bicyclic) bond motifs is 2. The second kappa shape index (κ2) is 5.52. The van der Waals surface area contributed by atoms with Crippen molar-refractivity contribution in [2.45, 2.75) is 0 Å². The fraction of sp³-hybridized carbons (Fsp3) is 0.143. The van der Waals surface area contributed by atoms with Crippen LogP contribution in [-0.4, -0.2) is 24.2 Å². The van der Waals surface area contributed by atoms with E-state index >= 15 is 0 Å². The van der Waals surface area contributed by atoms with Crippen molar-refractivity contribution in [2.24, 2.45) is 7.05 Å². The summed E-state index contributed by atoms with van der Waals surface area (Å²) < 4.78 is 29.4. The molecular formula is C14H14N2O3S. The van der Waals surface area contributed by atoms with Gasteiger partial charge in [0.2, 0.25) is 11.0 Å². The van der Waals surface area contributed by atoms with Crippen molar-refractivity contribution >= 4 is 32.2 Å². The summed E-state index contributed by atoms with van der Waals surface area (Å²) in [5, 5.41) is 0. The van der Waals surface area contributed by atoms with E-state index in [-0.39, 0.29) is 0 Å². The zero-order valence-corrected chi connectivity index (χ0v) is 12.0. The molecule has 0 atom stereocenters. The Labute approximate surface area is 117 Å². The third-order valence-corrected chi connectivity index (χ3v) is 2.73. The molecule has 0 N–H and O–H groups in total. The minimum absolute atomic E-state index is 0.604. The molecule has 0 saturated heterocycles. The Morgan fingerprint density at radius 2 is 1.30 bits per heavy atom. The van der Waals surface area contributed by atoms with Gasteiger partial charge >= 0.3 is 0 Å². The van der Waals surface area contributed by atoms with Gasteiger partial charge in [-0.25, -0.2) is 13.4 Å². The molecule has 0 bridgehead atoms. The Morgan fingerprint density at radius 1 is 0.950 bits per heavy atom. The van der Waals surface area contributed by atoms with Crippen molar-refractivity contribution in [1.29, 1.82) is 0 Å². The average Bonchev–Trinajstić information content (AvgIpc) is 2.37. The van der Waals surface area contributed by atoms with Crippen LogP contribution in [0, 0.1) is 0 Å². The highest BCUT2D eigenvalue weighted by Gasteiger charge is 2.10. The average molecular weight is 290 g/mol. The normalized spacial score (nSPS) is 11.2. The largest absolute Gasteiger partial charge is 0.748 e. The van der Waals surface area contributed by atoms with Crippen LogP contribution in [0.1, 0.15) is 0 Å². The van der Waals surface area contributed by atoms with Gasteiger partial charge in [-0.3, -0.25) is 0 Å². The lowest BCUT2D eigenvalue weighted by molar-refractivity contribution is -0.617. The van der Waals surface area contributed by atoms with E-state index in [0.29, 0.717) is 6.26 Å². The van der Waals surface area contributed by atoms with E-state index in [9.17, 15) is 0 Å². The van der Waals surface area contributed by atoms with Crippen LogP contribution in [-0.2, 0) is 17.2 Å². The highest BCUT2D eigenvalue weighted by atomic mass is 32.2. The summed E-state index contributed by atoms with van der Waals surface area (Å²) in [6.45, 7) is 0. The summed E-state index contributed by atoms with van der Waals surface area (Å²) >= 11 is 0. The van der Waals surface area contributed by atoms with E-state index in [1.807, 2.05) is 36.4 Å². The van der Waals surface area contributed by atoms with Crippen molar-refractivity contribution in [1.82, 2.24) is 4.98 Å². The first-order chi connectivity index (χ1) is 9.36. The number of nitrogens with zero attached hydrogens (tertiary/aromatic N) is 2. The molecule has 0 fully saturated rings. The zero-order valence-electron chi connectivity index (χ0n) is 11.1. The van der Waals surface area contributed by atoms with E-state index in [4.69, 9.17) is 13.0 Å². The number of hydrogen-bond donors (Lipinski definition) is 0. The second-order valence-corrected chi connectivity index (χ2v) is 5.76. The Kier molecular flexibility index (Phi) is 3.96. The summed E-state index contributed by atoms with van der Waals surface area (Å²) in [6, 6.07) is 16.4. The van der Waals surface area contributed by atoms with Crippen LogP contribution in [0.5, 0.6) is 0 Å². The van der Waals surface area contributed by atoms with Crippen molar-refractivity contribution in [2.75, 3.05) is 6.26 Å². The molecule has 6 heteroatoms. The first-order valence-corrected chi connectivity index (χ1v) is 7.72. The molecule has 3 aromatic rings. The molecule has 2 aromatic carbocycles. The van der Waals surface area contributed by atoms with Gasteiger partial charge in [-0.15, -0.1) is 0 Å². The summed E-state index contributed by atoms with van der Waals surface area (Å²) in [5.41, 5.74) is 4.41. The topological polar surface area (TPSA) is 74.0 Å². The Balaban J connectivity index is 0.000000257. The maximum absolute atomic E-state index is 9.08. The van der Waals surface area contributed by atoms with E-state index < -0.39 is 10.1 Å². The molecule has 0 amide bonds. The van der Waals surface area contributed by atoms with Crippen molar-refractivity contribution in [3.05, 3.63) is 48.5 Å². The number of rotatable bonds is 0. The third-order valence-electron chi connectivity index (χ3n) is 2.73. The van der Waals surface area contributed by atoms with Crippen LogP contribution < -0.4 is 4.57 Å². The summed E-state index contributed by atoms with van der Waals surface area (Å²) in [5.74, 6) is 0. The molecule has 0 saturated carbocycles. The van der Waals surface area contributed by atoms with Crippen LogP contribution in [0.4, 0.5) is 0 Å². The Bertz CT molecular complexity index is 799. The standard InChI is InChI=1S/C13H11N2.CH4O3S/c1-15-12-8-4-2-6-10(12)14-11-7-3-5-9-13(11)15;1-5(2,3)4/h2-9H,1H3;1H3,(H,2,3,4)/q+1;/p-1. The van der Waals surface area contributed by atoms with Gasteiger partial charge in [0.15, 0.2) is 0 Å². The van der Waals surface area contributed by atoms with Crippen LogP contribution in [0.3, 0.4) is 0 Å². The minimum atomic E-state index is -3.92. The number of aryl methyl sites for hydroxylation is 1. The summed E-state index contributed by atoms with van der Waals surface area (Å²) in [6.07, 6.45) is 0.604. The van der Waals surface area contributed by atoms with Gasteiger partial charge in [0.05, 0.1) is 10.1 Å². The minimum Gasteiger partial charge on any atom is -0.748 e. The lowest BCUT2D eigenvalue weighted by Gasteiger charge is -1.99. The van der Waals surface area contributed by atoms with Crippen molar-refractivity contribution < 1.29 is 17.5 Å². The van der Waals surface area contributed by atoms with Gasteiger partial charge in [-0.1, -0.05) is 24.3 Å². The van der Waals surface area contributed by atoms with Crippen LogP contribution in [0.25, 0.3) is 22.1 Å². The molecule has 1 heterocycles. The number of aromatic nitrogens is 2. The first kappa shape index (κ1) is 14.4. The molecule has 104 valence electrons. The van der Waals surface area contributed by atoms with Crippen LogP contribution >= 0.6 is 0 Å². The van der Waals surface area contributed by atoms with Gasteiger partial charge in [0, 0.05) is 18.4 Å². The molecule has 0 radical (unpaired) electrons. The highest BCUT2D eigenvalue weighted by Crippen LogP contribution is 2.12. The van der Waals surface area contributed by atoms with E-state index in [1.165, 1.54) is 0 Å². The van der Waals surface area contributed by atoms with Crippen molar-refractivity contribution in [3.63, 3.8) is 0 Å². The number of para-hydroxylation sites is 4. The fourth-order valence-corrected chi connectivity index (χ4v) is 1.94. The summed E-state index contributed by atoms with van der Waals surface area (Å²) in [7, 11) is -1.84. The highest BCUT2D eigenvalue weighted by molar-refractivity contribution is 7.84. The van der Waals surface area contributed by atoms with Gasteiger partial charge in [-0.2, -0.15) is 4.57 Å². The van der Waals surface area contributed by atoms with Gasteiger partial charge in [0.25, 0.3) is 0 Å². The van der Waals surface area contributed by atoms with Gasteiger partial charge in [-0.05, 0) is 12.1 Å². The molecule has 0 spiro atoms. The molecule has 0 aliphatic heterocycles. The fourth-order valence-electron chi connectivity index (χ4n) is 1.94. The molecule has 0 aliphatic carbocycles. The molecule has 3 rings (SSSR count). The Morgan fingerprint density at radius 3 is 1.70 bits per heavy atom. The predicted molar refractivity (Wildman–Crippen MR) is 76.0 cm³/mol. The molecule has 20 heavy (non-hydrogen) atoms. The maximum Gasteiger partial charge on any atom is 0.231 e. The SMILES string of the molecule is CS(=O)(=O)[O-].C[n+]1c2ccccc2nc2ccccc21. The Hall–Kier alpha value is -2.05. The van der Waals surface area contributed by atoms with Crippen molar-refractivity contribution in [3.8, 4) is 0 Å². The molecule has 1 aromatic heterocycles. The number of hydrogen-bond acceptors (Lipinski definition) is 4. The monoisotopic (exact) mass is 290 g/mol.